The number of hydrogen-bond acceptors (Lipinski definition) is 8. The maximum Gasteiger partial charge on any atom is 0.326 e. The molecule has 0 spiro atoms. The number of nitrogens with two attached hydrogens (primary N) is 5. The number of hydrogen-bond donors (Lipinski definition) is 9. The van der Waals surface area contributed by atoms with E-state index in [0.29, 0.717) is 24.9 Å². The lowest BCUT2D eigenvalue weighted by Crippen LogP contribution is -2.57. The minimum Gasteiger partial charge on any atom is -0.480 e. The fourth-order valence-corrected chi connectivity index (χ4v) is 3.72. The molecule has 14 N–H and O–H groups in total. The van der Waals surface area contributed by atoms with Crippen LogP contribution in [0.25, 0.3) is 0 Å². The minimum atomic E-state index is -1.27. The summed E-state index contributed by atoms with van der Waals surface area (Å²) in [5.74, 6) is -4.39. The largest absolute Gasteiger partial charge is 0.480 e. The molecular formula is C25H41N9O6. The van der Waals surface area contributed by atoms with Gasteiger partial charge in [-0.15, -0.1) is 0 Å². The van der Waals surface area contributed by atoms with Crippen molar-refractivity contribution in [1.29, 1.82) is 0 Å². The number of nitrogens with one attached hydrogen (secondary N) is 3. The molecule has 4 atom stereocenters. The second-order valence-corrected chi connectivity index (χ2v) is 9.22. The lowest BCUT2D eigenvalue weighted by Gasteiger charge is -2.25. The number of aliphatic carboxylic acids is 1. The highest BCUT2D eigenvalue weighted by Gasteiger charge is 2.30. The Balaban J connectivity index is 3.08. The Bertz CT molecular complexity index is 1020. The fourth-order valence-electron chi connectivity index (χ4n) is 3.72. The molecule has 0 fully saturated rings. The summed E-state index contributed by atoms with van der Waals surface area (Å²) < 4.78 is 0. The number of guanidine groups is 1. The molecule has 15 nitrogen and oxygen atoms in total. The number of unbranched alkanes of at least 4 members (excludes halogenated alkanes) is 1. The number of nitrogens with zero attached hydrogens (tertiary/aromatic N) is 1. The minimum absolute atomic E-state index is 0.0199. The van der Waals surface area contributed by atoms with Crippen molar-refractivity contribution in [1.82, 2.24) is 16.0 Å². The van der Waals surface area contributed by atoms with Gasteiger partial charge in [0.05, 0.1) is 12.5 Å². The summed E-state index contributed by atoms with van der Waals surface area (Å²) in [4.78, 5) is 65.8. The van der Waals surface area contributed by atoms with E-state index < -0.39 is 60.2 Å². The van der Waals surface area contributed by atoms with Gasteiger partial charge in [-0.1, -0.05) is 30.3 Å². The third-order valence-electron chi connectivity index (χ3n) is 5.81. The molecule has 1 rings (SSSR count). The van der Waals surface area contributed by atoms with Crippen LogP contribution in [0.5, 0.6) is 0 Å². The summed E-state index contributed by atoms with van der Waals surface area (Å²) in [6, 6.07) is 3.92. The van der Waals surface area contributed by atoms with E-state index >= 15 is 0 Å². The van der Waals surface area contributed by atoms with Crippen LogP contribution in [0, 0.1) is 0 Å². The van der Waals surface area contributed by atoms with Crippen molar-refractivity contribution in [2.24, 2.45) is 33.7 Å². The smallest absolute Gasteiger partial charge is 0.326 e. The zero-order chi connectivity index (χ0) is 30.1. The van der Waals surface area contributed by atoms with Crippen LogP contribution in [0.15, 0.2) is 35.3 Å². The van der Waals surface area contributed by atoms with Crippen LogP contribution < -0.4 is 44.6 Å². The lowest BCUT2D eigenvalue weighted by molar-refractivity contribution is -0.142. The molecule has 40 heavy (non-hydrogen) atoms. The molecule has 0 aliphatic heterocycles. The molecule has 1 aromatic rings. The van der Waals surface area contributed by atoms with Crippen molar-refractivity contribution in [3.05, 3.63) is 35.9 Å². The van der Waals surface area contributed by atoms with E-state index in [1.165, 1.54) is 0 Å². The number of rotatable bonds is 19. The Morgan fingerprint density at radius 3 is 1.88 bits per heavy atom. The van der Waals surface area contributed by atoms with Gasteiger partial charge in [0.2, 0.25) is 23.6 Å². The Kier molecular flexibility index (Phi) is 15.3. The third-order valence-corrected chi connectivity index (χ3v) is 5.81. The highest BCUT2D eigenvalue weighted by molar-refractivity contribution is 5.95. The van der Waals surface area contributed by atoms with Gasteiger partial charge in [-0.25, -0.2) is 4.79 Å². The van der Waals surface area contributed by atoms with Crippen LogP contribution in [0.2, 0.25) is 0 Å². The molecule has 0 radical (unpaired) electrons. The van der Waals surface area contributed by atoms with Crippen molar-refractivity contribution in [2.75, 3.05) is 13.1 Å². The van der Waals surface area contributed by atoms with E-state index in [1.807, 2.05) is 0 Å². The number of carboxylic acids is 1. The Morgan fingerprint density at radius 2 is 1.35 bits per heavy atom. The summed E-state index contributed by atoms with van der Waals surface area (Å²) in [5, 5.41) is 17.3. The average Bonchev–Trinajstić information content (AvgIpc) is 2.89. The molecule has 0 aliphatic rings. The fraction of sp³-hybridized carbons (Fsp3) is 0.520. The normalized spacial score (nSPS) is 13.7. The maximum atomic E-state index is 13.2. The first-order chi connectivity index (χ1) is 18.9. The van der Waals surface area contributed by atoms with E-state index in [2.05, 4.69) is 20.9 Å². The number of carboxylic acid groups (broad SMARTS) is 1. The summed E-state index contributed by atoms with van der Waals surface area (Å²) in [6.07, 6.45) is 1.15. The number of carbonyl (C=O) groups excluding carboxylic acids is 4. The molecule has 0 aromatic heterocycles. The van der Waals surface area contributed by atoms with Crippen LogP contribution >= 0.6 is 0 Å². The van der Waals surface area contributed by atoms with Crippen LogP contribution in [0.3, 0.4) is 0 Å². The van der Waals surface area contributed by atoms with Crippen LogP contribution in [-0.4, -0.2) is 77.9 Å². The van der Waals surface area contributed by atoms with E-state index in [1.54, 1.807) is 30.3 Å². The van der Waals surface area contributed by atoms with Gasteiger partial charge in [0.25, 0.3) is 0 Å². The van der Waals surface area contributed by atoms with Crippen molar-refractivity contribution >= 4 is 35.6 Å². The first kappa shape index (κ1) is 33.8. The van der Waals surface area contributed by atoms with E-state index in [4.69, 9.17) is 28.7 Å². The first-order valence-electron chi connectivity index (χ1n) is 12.9. The summed E-state index contributed by atoms with van der Waals surface area (Å²) in [7, 11) is 0. The second kappa shape index (κ2) is 18.1. The van der Waals surface area contributed by atoms with Gasteiger partial charge >= 0.3 is 5.97 Å². The van der Waals surface area contributed by atoms with E-state index in [0.717, 1.165) is 0 Å². The molecule has 0 saturated heterocycles. The monoisotopic (exact) mass is 563 g/mol. The number of carbonyl (C=O) groups is 5. The molecule has 4 amide bonds. The SMILES string of the molecule is NCCCCC(NC(=O)C(N)CC(N)=O)C(=O)NC(CCCN=C(N)N)C(=O)NC(Cc1ccccc1)C(=O)O. The van der Waals surface area contributed by atoms with Gasteiger partial charge in [-0.05, 0) is 44.2 Å². The standard InChI is InChI=1S/C25H41N9O6/c26-11-5-4-9-17(32-21(36)16(27)14-20(28)35)22(37)33-18(10-6-12-31-25(29)30)23(38)34-19(24(39)40)13-15-7-2-1-3-8-15/h1-3,7-8,16-19H,4-6,9-14,26-27H2,(H2,28,35)(H,32,36)(H,33,37)(H,34,38)(H,39,40)(H4,29,30,31). The van der Waals surface area contributed by atoms with E-state index in [-0.39, 0.29) is 38.2 Å². The Morgan fingerprint density at radius 1 is 0.800 bits per heavy atom. The maximum absolute atomic E-state index is 13.2. The first-order valence-corrected chi connectivity index (χ1v) is 12.9. The van der Waals surface area contributed by atoms with Crippen LogP contribution in [0.4, 0.5) is 0 Å². The number of benzene rings is 1. The van der Waals surface area contributed by atoms with Crippen molar-refractivity contribution < 1.29 is 29.1 Å². The van der Waals surface area contributed by atoms with Gasteiger partial charge in [0.1, 0.15) is 18.1 Å². The molecule has 1 aromatic carbocycles. The number of amides is 4. The topological polar surface area (TPSA) is 284 Å². The Labute approximate surface area is 232 Å². The van der Waals surface area contributed by atoms with Gasteiger partial charge < -0.3 is 49.7 Å². The number of primary amides is 1. The summed E-state index contributed by atoms with van der Waals surface area (Å²) in [6.45, 7) is 0.518. The van der Waals surface area contributed by atoms with Gasteiger partial charge in [-0.2, -0.15) is 0 Å². The lowest BCUT2D eigenvalue weighted by atomic mass is 10.0. The summed E-state index contributed by atoms with van der Waals surface area (Å²) >= 11 is 0. The van der Waals surface area contributed by atoms with Gasteiger partial charge in [0, 0.05) is 13.0 Å². The molecule has 0 heterocycles. The molecule has 0 saturated carbocycles. The molecule has 0 aliphatic carbocycles. The highest BCUT2D eigenvalue weighted by atomic mass is 16.4. The molecule has 0 bridgehead atoms. The van der Waals surface area contributed by atoms with Crippen molar-refractivity contribution in [2.45, 2.75) is 69.1 Å². The quantitative estimate of drug-likeness (QED) is 0.0471. The molecule has 222 valence electrons. The molecule has 15 heteroatoms. The predicted molar refractivity (Wildman–Crippen MR) is 148 cm³/mol. The molecular weight excluding hydrogens is 522 g/mol. The zero-order valence-electron chi connectivity index (χ0n) is 22.4. The van der Waals surface area contributed by atoms with Crippen molar-refractivity contribution in [3.8, 4) is 0 Å². The van der Waals surface area contributed by atoms with Crippen LogP contribution in [-0.2, 0) is 30.4 Å². The van der Waals surface area contributed by atoms with Gasteiger partial charge in [-0.3, -0.25) is 24.2 Å². The average molecular weight is 564 g/mol. The highest BCUT2D eigenvalue weighted by Crippen LogP contribution is 2.08. The molecule has 4 unspecified atom stereocenters. The number of aliphatic imine (C=N–C) groups is 1. The van der Waals surface area contributed by atoms with Gasteiger partial charge in [0.15, 0.2) is 5.96 Å². The van der Waals surface area contributed by atoms with E-state index in [9.17, 15) is 29.1 Å². The van der Waals surface area contributed by atoms with Crippen LogP contribution in [0.1, 0.15) is 44.1 Å². The third kappa shape index (κ3) is 13.5. The summed E-state index contributed by atoms with van der Waals surface area (Å²) in [5.41, 5.74) is 27.7. The Hall–Kier alpha value is -4.24. The zero-order valence-corrected chi connectivity index (χ0v) is 22.4. The van der Waals surface area contributed by atoms with Crippen molar-refractivity contribution in [3.63, 3.8) is 0 Å². The second-order valence-electron chi connectivity index (χ2n) is 9.22. The predicted octanol–water partition coefficient (Wildman–Crippen LogP) is -2.85.